The number of nitrogens with zero attached hydrogens (tertiary/aromatic N) is 4. The SMILES string of the molecule is CN=C(NCC(=O)N(C)CCc1ccccn1)N1CCC(COC)C1.I. The number of carbonyl (C=O) groups is 1. The number of aromatic nitrogens is 1. The topological polar surface area (TPSA) is 70.1 Å². The Kier molecular flexibility index (Phi) is 10.5. The molecular formula is C18H30IN5O2. The van der Waals surface area contributed by atoms with Gasteiger partial charge in [0.2, 0.25) is 5.91 Å². The van der Waals surface area contributed by atoms with E-state index < -0.39 is 0 Å². The molecule has 2 heterocycles. The quantitative estimate of drug-likeness (QED) is 0.365. The van der Waals surface area contributed by atoms with E-state index >= 15 is 0 Å². The molecule has 7 nitrogen and oxygen atoms in total. The first kappa shape index (κ1) is 22.6. The van der Waals surface area contributed by atoms with E-state index in [4.69, 9.17) is 4.74 Å². The maximum Gasteiger partial charge on any atom is 0.241 e. The van der Waals surface area contributed by atoms with Gasteiger partial charge >= 0.3 is 0 Å². The fourth-order valence-corrected chi connectivity index (χ4v) is 2.97. The lowest BCUT2D eigenvalue weighted by molar-refractivity contribution is -0.128. The van der Waals surface area contributed by atoms with E-state index in [1.54, 1.807) is 25.3 Å². The van der Waals surface area contributed by atoms with E-state index in [1.807, 2.05) is 25.2 Å². The van der Waals surface area contributed by atoms with Crippen molar-refractivity contribution in [3.63, 3.8) is 0 Å². The molecule has 0 aliphatic carbocycles. The molecule has 1 aliphatic heterocycles. The van der Waals surface area contributed by atoms with Crippen molar-refractivity contribution in [2.45, 2.75) is 12.8 Å². The van der Waals surface area contributed by atoms with Crippen LogP contribution in [0, 0.1) is 5.92 Å². The molecule has 1 amide bonds. The molecule has 1 aliphatic rings. The average Bonchev–Trinajstić information content (AvgIpc) is 3.09. The number of halogens is 1. The monoisotopic (exact) mass is 475 g/mol. The summed E-state index contributed by atoms with van der Waals surface area (Å²) in [4.78, 5) is 24.8. The molecule has 0 spiro atoms. The van der Waals surface area contributed by atoms with Gasteiger partial charge in [-0.15, -0.1) is 24.0 Å². The van der Waals surface area contributed by atoms with Crippen molar-refractivity contribution < 1.29 is 9.53 Å². The Labute approximate surface area is 173 Å². The van der Waals surface area contributed by atoms with Crippen LogP contribution in [0.2, 0.25) is 0 Å². The van der Waals surface area contributed by atoms with E-state index in [-0.39, 0.29) is 36.4 Å². The summed E-state index contributed by atoms with van der Waals surface area (Å²) in [6.45, 7) is 3.52. The van der Waals surface area contributed by atoms with Gasteiger partial charge in [-0.3, -0.25) is 14.8 Å². The first-order valence-corrected chi connectivity index (χ1v) is 8.72. The maximum absolute atomic E-state index is 12.3. The van der Waals surface area contributed by atoms with Crippen molar-refractivity contribution in [2.24, 2.45) is 10.9 Å². The number of guanidine groups is 1. The van der Waals surface area contributed by atoms with Crippen molar-refractivity contribution in [3.8, 4) is 0 Å². The van der Waals surface area contributed by atoms with Gasteiger partial charge in [0.1, 0.15) is 0 Å². The first-order valence-electron chi connectivity index (χ1n) is 8.72. The van der Waals surface area contributed by atoms with Crippen molar-refractivity contribution >= 4 is 35.8 Å². The predicted molar refractivity (Wildman–Crippen MR) is 114 cm³/mol. The summed E-state index contributed by atoms with van der Waals surface area (Å²) in [5, 5.41) is 3.18. The first-order chi connectivity index (χ1) is 12.1. The van der Waals surface area contributed by atoms with Crippen molar-refractivity contribution in [2.75, 3.05) is 54.0 Å². The molecule has 1 saturated heterocycles. The molecular weight excluding hydrogens is 445 g/mol. The van der Waals surface area contributed by atoms with Gasteiger partial charge in [0.15, 0.2) is 5.96 Å². The summed E-state index contributed by atoms with van der Waals surface area (Å²) in [6, 6.07) is 5.83. The highest BCUT2D eigenvalue weighted by Gasteiger charge is 2.25. The van der Waals surface area contributed by atoms with E-state index in [0.29, 0.717) is 12.5 Å². The number of pyridine rings is 1. The average molecular weight is 475 g/mol. The molecule has 8 heteroatoms. The molecule has 146 valence electrons. The van der Waals surface area contributed by atoms with Crippen molar-refractivity contribution in [1.29, 1.82) is 0 Å². The molecule has 0 bridgehead atoms. The summed E-state index contributed by atoms with van der Waals surface area (Å²) >= 11 is 0. The third-order valence-electron chi connectivity index (χ3n) is 4.45. The number of hydrogen-bond acceptors (Lipinski definition) is 4. The van der Waals surface area contributed by atoms with E-state index in [1.165, 1.54) is 0 Å². The second kappa shape index (κ2) is 12.1. The Morgan fingerprint density at radius 3 is 2.96 bits per heavy atom. The standard InChI is InChI=1S/C18H29N5O2.HI/c1-19-18(23-11-7-15(13-23)14-25-3)21-12-17(24)22(2)10-8-16-6-4-5-9-20-16;/h4-6,9,15H,7-8,10-14H2,1-3H3,(H,19,21);1H. The zero-order valence-electron chi connectivity index (χ0n) is 15.9. The van der Waals surface area contributed by atoms with Crippen molar-refractivity contribution in [1.82, 2.24) is 20.1 Å². The zero-order valence-corrected chi connectivity index (χ0v) is 18.2. The minimum atomic E-state index is 0. The van der Waals surface area contributed by atoms with Crippen LogP contribution in [-0.2, 0) is 16.0 Å². The largest absolute Gasteiger partial charge is 0.384 e. The van der Waals surface area contributed by atoms with E-state index in [0.717, 1.165) is 44.2 Å². The van der Waals surface area contributed by atoms with E-state index in [9.17, 15) is 4.79 Å². The number of rotatable bonds is 7. The van der Waals surface area contributed by atoms with Crippen LogP contribution in [0.25, 0.3) is 0 Å². The van der Waals surface area contributed by atoms with E-state index in [2.05, 4.69) is 20.2 Å². The molecule has 0 saturated carbocycles. The van der Waals surface area contributed by atoms with Crippen LogP contribution in [-0.4, -0.2) is 80.6 Å². The normalized spacial score (nSPS) is 17.0. The highest BCUT2D eigenvalue weighted by Crippen LogP contribution is 2.16. The van der Waals surface area contributed by atoms with Gasteiger partial charge in [-0.05, 0) is 18.6 Å². The summed E-state index contributed by atoms with van der Waals surface area (Å²) in [7, 11) is 5.30. The molecule has 1 aromatic rings. The van der Waals surface area contributed by atoms with Gasteiger partial charge in [0, 0.05) is 65.1 Å². The van der Waals surface area contributed by atoms with Crippen LogP contribution in [0.4, 0.5) is 0 Å². The molecule has 1 unspecified atom stereocenters. The Hall–Kier alpha value is -1.42. The molecule has 0 radical (unpaired) electrons. The van der Waals surface area contributed by atoms with Gasteiger partial charge in [-0.2, -0.15) is 0 Å². The molecule has 0 aromatic carbocycles. The molecule has 1 N–H and O–H groups in total. The van der Waals surface area contributed by atoms with Crippen LogP contribution in [0.3, 0.4) is 0 Å². The molecule has 1 atom stereocenters. The molecule has 26 heavy (non-hydrogen) atoms. The van der Waals surface area contributed by atoms with Crippen LogP contribution >= 0.6 is 24.0 Å². The van der Waals surface area contributed by atoms with Crippen molar-refractivity contribution in [3.05, 3.63) is 30.1 Å². The minimum Gasteiger partial charge on any atom is -0.384 e. The fraction of sp³-hybridized carbons (Fsp3) is 0.611. The molecule has 2 rings (SSSR count). The second-order valence-electron chi connectivity index (χ2n) is 6.34. The summed E-state index contributed by atoms with van der Waals surface area (Å²) in [5.41, 5.74) is 0.993. The van der Waals surface area contributed by atoms with Crippen LogP contribution in [0.5, 0.6) is 0 Å². The zero-order chi connectivity index (χ0) is 18.1. The lowest BCUT2D eigenvalue weighted by Gasteiger charge is -2.23. The Morgan fingerprint density at radius 1 is 1.50 bits per heavy atom. The molecule has 1 aromatic heterocycles. The number of carbonyl (C=O) groups excluding carboxylic acids is 1. The third kappa shape index (κ3) is 7.06. The number of aliphatic imine (C=N–C) groups is 1. The van der Waals surface area contributed by atoms with Crippen LogP contribution < -0.4 is 5.32 Å². The van der Waals surface area contributed by atoms with Gasteiger partial charge in [-0.1, -0.05) is 6.07 Å². The number of likely N-dealkylation sites (N-methyl/N-ethyl adjacent to an activating group) is 1. The fourth-order valence-electron chi connectivity index (χ4n) is 2.97. The van der Waals surface area contributed by atoms with Gasteiger partial charge < -0.3 is 19.9 Å². The lowest BCUT2D eigenvalue weighted by Crippen LogP contribution is -2.45. The number of amides is 1. The number of nitrogens with one attached hydrogen (secondary N) is 1. The lowest BCUT2D eigenvalue weighted by atomic mass is 10.1. The summed E-state index contributed by atoms with van der Waals surface area (Å²) in [5.74, 6) is 1.36. The minimum absolute atomic E-state index is 0. The highest BCUT2D eigenvalue weighted by molar-refractivity contribution is 14.0. The van der Waals surface area contributed by atoms with Crippen LogP contribution in [0.15, 0.2) is 29.4 Å². The maximum atomic E-state index is 12.3. The number of methoxy groups -OCH3 is 1. The van der Waals surface area contributed by atoms with Gasteiger partial charge in [0.25, 0.3) is 0 Å². The third-order valence-corrected chi connectivity index (χ3v) is 4.45. The summed E-state index contributed by atoms with van der Waals surface area (Å²) < 4.78 is 5.23. The second-order valence-corrected chi connectivity index (χ2v) is 6.34. The predicted octanol–water partition coefficient (Wildman–Crippen LogP) is 1.24. The number of ether oxygens (including phenoxy) is 1. The molecule has 1 fully saturated rings. The Balaban J connectivity index is 0.00000338. The van der Waals surface area contributed by atoms with Gasteiger partial charge in [-0.25, -0.2) is 0 Å². The smallest absolute Gasteiger partial charge is 0.241 e. The number of likely N-dealkylation sites (tertiary alicyclic amines) is 1. The highest BCUT2D eigenvalue weighted by atomic mass is 127. The number of hydrogen-bond donors (Lipinski definition) is 1. The Morgan fingerprint density at radius 2 is 2.31 bits per heavy atom. The van der Waals surface area contributed by atoms with Gasteiger partial charge in [0.05, 0.1) is 13.2 Å². The van der Waals surface area contributed by atoms with Crippen LogP contribution in [0.1, 0.15) is 12.1 Å². The Bertz CT molecular complexity index is 570. The summed E-state index contributed by atoms with van der Waals surface area (Å²) in [6.07, 6.45) is 3.62.